The van der Waals surface area contributed by atoms with E-state index in [1.807, 2.05) is 19.1 Å². The van der Waals surface area contributed by atoms with Gasteiger partial charge in [0.1, 0.15) is 49.0 Å². The number of hydrogen-bond donors (Lipinski definition) is 2. The fourth-order valence-electron chi connectivity index (χ4n) is 12.2. The van der Waals surface area contributed by atoms with Gasteiger partial charge >= 0.3 is 16.3 Å². The lowest BCUT2D eigenvalue weighted by atomic mass is 9.71. The summed E-state index contributed by atoms with van der Waals surface area (Å²) >= 11 is 0. The molecule has 17 nitrogen and oxygen atoms in total. The second kappa shape index (κ2) is 22.4. The number of methoxy groups -OCH3 is 2. The number of allylic oxidation sites excluding steroid dienone is 3. The van der Waals surface area contributed by atoms with Crippen LogP contribution in [0.5, 0.6) is 0 Å². The number of nitrogens with zero attached hydrogens (tertiary/aromatic N) is 3. The van der Waals surface area contributed by atoms with Crippen LogP contribution >= 0.6 is 0 Å². The van der Waals surface area contributed by atoms with Crippen LogP contribution in [-0.2, 0) is 57.2 Å². The van der Waals surface area contributed by atoms with Gasteiger partial charge in [-0.15, -0.1) is 0 Å². The zero-order chi connectivity index (χ0) is 50.9. The maximum absolute atomic E-state index is 14.5. The topological polar surface area (TPSA) is 226 Å². The summed E-state index contributed by atoms with van der Waals surface area (Å²) < 4.78 is 84.9. The molecule has 6 aliphatic heterocycles. The highest BCUT2D eigenvalue weighted by molar-refractivity contribution is 7.84. The van der Waals surface area contributed by atoms with Crippen LogP contribution in [0, 0.1) is 58.2 Å². The zero-order valence-corrected chi connectivity index (χ0v) is 43.2. The summed E-state index contributed by atoms with van der Waals surface area (Å²) in [6.07, 6.45) is 9.03. The minimum atomic E-state index is -4.48. The minimum Gasteiger partial charge on any atom is -0.462 e. The number of aliphatic hydroxyl groups excluding tert-OH is 1. The normalized spacial score (nSPS) is 44.9. The van der Waals surface area contributed by atoms with E-state index >= 15 is 0 Å². The number of nitriles is 2. The van der Waals surface area contributed by atoms with Crippen molar-refractivity contribution in [3.8, 4) is 12.1 Å². The predicted octanol–water partition coefficient (Wildman–Crippen LogP) is 5.54. The highest BCUT2D eigenvalue weighted by Gasteiger charge is 2.60. The summed E-state index contributed by atoms with van der Waals surface area (Å²) in [4.78, 5) is 14.5. The van der Waals surface area contributed by atoms with Crippen LogP contribution in [0.15, 0.2) is 59.3 Å². The minimum absolute atomic E-state index is 0.00986. The van der Waals surface area contributed by atoms with E-state index in [1.54, 1.807) is 45.2 Å². The lowest BCUT2D eigenvalue weighted by molar-refractivity contribution is -0.300. The lowest BCUT2D eigenvalue weighted by Gasteiger charge is -2.49. The molecule has 7 aliphatic rings. The Morgan fingerprint density at radius 2 is 1.61 bits per heavy atom. The molecule has 20 atom stereocenters. The van der Waals surface area contributed by atoms with E-state index in [-0.39, 0.29) is 67.3 Å². The molecule has 6 heterocycles. The van der Waals surface area contributed by atoms with Gasteiger partial charge in [0.05, 0.1) is 67.6 Å². The van der Waals surface area contributed by atoms with Gasteiger partial charge in [0.15, 0.2) is 5.79 Å². The van der Waals surface area contributed by atoms with E-state index in [0.29, 0.717) is 34.7 Å². The van der Waals surface area contributed by atoms with Gasteiger partial charge in [-0.05, 0) is 63.2 Å². The van der Waals surface area contributed by atoms with Gasteiger partial charge in [-0.25, -0.2) is 4.18 Å². The first kappa shape index (κ1) is 54.4. The van der Waals surface area contributed by atoms with E-state index in [1.165, 1.54) is 7.11 Å². The Balaban J connectivity index is 1.19. The largest absolute Gasteiger partial charge is 0.462 e. The molecule has 70 heavy (non-hydrogen) atoms. The van der Waals surface area contributed by atoms with E-state index in [0.717, 1.165) is 12.0 Å². The molecule has 0 saturated carbocycles. The van der Waals surface area contributed by atoms with E-state index in [9.17, 15) is 33.9 Å². The Morgan fingerprint density at radius 3 is 2.29 bits per heavy atom. The second-order valence-electron chi connectivity index (χ2n) is 20.7. The molecule has 1 aliphatic carbocycles. The number of aliphatic hydroxyl groups is 2. The first-order valence-corrected chi connectivity index (χ1v) is 26.4. The average Bonchev–Trinajstić information content (AvgIpc) is 3.66. The van der Waals surface area contributed by atoms with Gasteiger partial charge in [0.2, 0.25) is 0 Å². The monoisotopic (exact) mass is 997 g/mol. The van der Waals surface area contributed by atoms with Crippen LogP contribution in [0.25, 0.3) is 0 Å². The van der Waals surface area contributed by atoms with Crippen molar-refractivity contribution in [3.05, 3.63) is 59.3 Å². The van der Waals surface area contributed by atoms with Crippen molar-refractivity contribution in [1.29, 1.82) is 10.5 Å². The Bertz CT molecular complexity index is 2220. The van der Waals surface area contributed by atoms with Crippen LogP contribution < -0.4 is 0 Å². The molecule has 0 amide bonds. The van der Waals surface area contributed by atoms with Gasteiger partial charge in [0, 0.05) is 57.7 Å². The number of ether oxygens (including phenoxy) is 8. The van der Waals surface area contributed by atoms with E-state index in [2.05, 4.69) is 52.8 Å². The van der Waals surface area contributed by atoms with Gasteiger partial charge in [0.25, 0.3) is 0 Å². The van der Waals surface area contributed by atoms with Crippen LogP contribution in [0.1, 0.15) is 93.9 Å². The molecule has 4 fully saturated rings. The maximum Gasteiger partial charge on any atom is 0.340 e. The number of carbonyl (C=O) groups excluding carboxylic acids is 1. The highest BCUT2D eigenvalue weighted by atomic mass is 32.2. The molecule has 0 radical (unpaired) electrons. The Kier molecular flexibility index (Phi) is 17.4. The molecule has 2 N–H and O–H groups in total. The first-order valence-electron chi connectivity index (χ1n) is 25.0. The molecular weight excluding hydrogens is 923 g/mol. The summed E-state index contributed by atoms with van der Waals surface area (Å²) in [5, 5.41) is 42.4. The maximum atomic E-state index is 14.5. The van der Waals surface area contributed by atoms with Crippen molar-refractivity contribution >= 4 is 16.3 Å². The molecular formula is C52H75N3O14S. The third-order valence-corrected chi connectivity index (χ3v) is 17.5. The van der Waals surface area contributed by atoms with Crippen LogP contribution in [0.2, 0.25) is 0 Å². The molecule has 18 heteroatoms. The van der Waals surface area contributed by atoms with Gasteiger partial charge in [-0.3, -0.25) is 4.79 Å². The summed E-state index contributed by atoms with van der Waals surface area (Å²) in [6, 6.07) is 3.54. The van der Waals surface area contributed by atoms with Gasteiger partial charge in [-0.2, -0.15) is 23.2 Å². The predicted molar refractivity (Wildman–Crippen MR) is 255 cm³/mol. The van der Waals surface area contributed by atoms with Crippen LogP contribution in [0.4, 0.5) is 0 Å². The summed E-state index contributed by atoms with van der Waals surface area (Å²) in [6.45, 7) is 15.0. The molecule has 2 bridgehead atoms. The average molecular weight is 998 g/mol. The Morgan fingerprint density at radius 1 is 0.929 bits per heavy atom. The van der Waals surface area contributed by atoms with Crippen LogP contribution in [0.3, 0.4) is 0 Å². The summed E-state index contributed by atoms with van der Waals surface area (Å²) in [5.41, 5.74) is 0.177. The number of rotatable bonds is 11. The Hall–Kier alpha value is -3.34. The number of hydrogen-bond acceptors (Lipinski definition) is 16. The second-order valence-corrected chi connectivity index (χ2v) is 22.3. The summed E-state index contributed by atoms with van der Waals surface area (Å²) in [7, 11) is -1.33. The molecule has 7 rings (SSSR count). The fraction of sp³-hybridized carbons (Fsp3) is 0.750. The third-order valence-electron chi connectivity index (χ3n) is 16.2. The van der Waals surface area contributed by atoms with Crippen molar-refractivity contribution in [3.63, 3.8) is 0 Å². The van der Waals surface area contributed by atoms with Gasteiger partial charge < -0.3 is 48.1 Å². The quantitative estimate of drug-likeness (QED) is 0.147. The molecule has 388 valence electrons. The van der Waals surface area contributed by atoms with Crippen molar-refractivity contribution in [2.45, 2.75) is 179 Å². The molecule has 3 unspecified atom stereocenters. The van der Waals surface area contributed by atoms with E-state index in [4.69, 9.17) is 42.1 Å². The Labute approximate surface area is 414 Å². The lowest BCUT2D eigenvalue weighted by Crippen LogP contribution is -2.58. The molecule has 0 aromatic carbocycles. The number of fused-ring (bicyclic) bond motifs is 2. The zero-order valence-electron chi connectivity index (χ0n) is 42.3. The highest BCUT2D eigenvalue weighted by Crippen LogP contribution is 2.48. The van der Waals surface area contributed by atoms with Crippen LogP contribution in [-0.4, -0.2) is 147 Å². The molecule has 0 aromatic rings. The van der Waals surface area contributed by atoms with E-state index < -0.39 is 102 Å². The van der Waals surface area contributed by atoms with Crippen molar-refractivity contribution in [2.75, 3.05) is 33.9 Å². The van der Waals surface area contributed by atoms with Crippen molar-refractivity contribution < 1.29 is 65.5 Å². The summed E-state index contributed by atoms with van der Waals surface area (Å²) in [5.74, 6) is -3.08. The fourth-order valence-corrected chi connectivity index (χ4v) is 13.3. The van der Waals surface area contributed by atoms with Crippen molar-refractivity contribution in [1.82, 2.24) is 4.31 Å². The SMILES string of the molecule is CCC(C)[C@H]1O[C@]2(C=C[C@@H]1C)C[C@@H]1C[C@@H](C/C=C(\C)[C@@H](C3C[C@H](OC)C([C@H]4C[C@H](OC)[C@@H](OS(=O)(=O)N(CC#N)CC#N)[C@H](C)O4)[C@H](C)O3)[C@@H](C)/C=C/C=C3\CO[C@@H]4[C@H](O)C(C)=C[C@@H](C(=O)O1)[C@]34O)O2. The number of carbonyl (C=O) groups is 1. The number of esters is 1. The molecule has 1 spiro atoms. The van der Waals surface area contributed by atoms with Crippen molar-refractivity contribution in [2.24, 2.45) is 35.5 Å². The smallest absolute Gasteiger partial charge is 0.340 e. The molecule has 0 aromatic heterocycles. The molecule has 4 saturated heterocycles. The standard InChI is InChI=1S/C52H75N3O14S/c1-11-29(2)47-32(5)17-18-51(68-47)27-38-24-37(67-51)16-15-31(4)44(30(3)13-12-14-36-28-63-49-46(56)33(6)23-39(50(57)66-38)52(36,49)58)41-25-40(61-9)45(34(7)64-41)42-26-43(62-10)48(35(8)65-42)69-70(59,60)55(21-19-53)22-20-54/h12-15,17-18,23,29-30,32,34-35,37-49,56,58H,11,16,21-22,24-28H2,1-10H3/b13-12+,31-15+,36-14+/t29?,30-,32-,34-,35-,37+,38-,39-,40-,41?,42+,43-,44-,45?,46+,47+,48-,49+,51+,52+/m0/s1. The first-order chi connectivity index (χ1) is 33.2. The third kappa shape index (κ3) is 11.0. The van der Waals surface area contributed by atoms with Gasteiger partial charge in [-0.1, -0.05) is 76.1 Å².